The molecule has 1 atom stereocenters. The Kier molecular flexibility index (Phi) is 4.89. The van der Waals surface area contributed by atoms with Crippen LogP contribution in [0.4, 0.5) is 0 Å². The summed E-state index contributed by atoms with van der Waals surface area (Å²) in [6.45, 7) is 1.98. The summed E-state index contributed by atoms with van der Waals surface area (Å²) in [5.74, 6) is 0.396. The zero-order chi connectivity index (χ0) is 19.9. The highest BCUT2D eigenvalue weighted by Crippen LogP contribution is 2.26. The highest BCUT2D eigenvalue weighted by atomic mass is 35.5. The molecule has 0 N–H and O–H groups in total. The van der Waals surface area contributed by atoms with Crippen LogP contribution in [0.25, 0.3) is 10.9 Å². The van der Waals surface area contributed by atoms with Crippen molar-refractivity contribution in [3.8, 4) is 0 Å². The molecule has 6 nitrogen and oxygen atoms in total. The summed E-state index contributed by atoms with van der Waals surface area (Å²) in [4.78, 5) is 19.5. The molecule has 1 aliphatic rings. The van der Waals surface area contributed by atoms with Gasteiger partial charge in [0, 0.05) is 16.5 Å². The van der Waals surface area contributed by atoms with E-state index in [1.807, 2.05) is 6.07 Å². The summed E-state index contributed by atoms with van der Waals surface area (Å²) in [6.07, 6.45) is 1.95. The summed E-state index contributed by atoms with van der Waals surface area (Å²) in [5, 5.41) is 1.32. The van der Waals surface area contributed by atoms with Crippen molar-refractivity contribution in [2.75, 3.05) is 11.5 Å². The van der Waals surface area contributed by atoms with E-state index >= 15 is 0 Å². The Balaban J connectivity index is 1.74. The number of sulfone groups is 1. The van der Waals surface area contributed by atoms with E-state index in [-0.39, 0.29) is 24.0 Å². The van der Waals surface area contributed by atoms with Crippen LogP contribution in [0.5, 0.6) is 0 Å². The van der Waals surface area contributed by atoms with Crippen LogP contribution in [0.3, 0.4) is 0 Å². The van der Waals surface area contributed by atoms with Gasteiger partial charge >= 0.3 is 0 Å². The molecule has 0 saturated carbocycles. The van der Waals surface area contributed by atoms with Gasteiger partial charge in [-0.2, -0.15) is 0 Å². The quantitative estimate of drug-likeness (QED) is 0.646. The zero-order valence-electron chi connectivity index (χ0n) is 15.3. The number of carbonyl (C=O) groups excluding carboxylic acids is 1. The van der Waals surface area contributed by atoms with Gasteiger partial charge in [-0.1, -0.05) is 11.6 Å². The van der Waals surface area contributed by atoms with E-state index in [4.69, 9.17) is 16.0 Å². The first-order chi connectivity index (χ1) is 13.3. The second-order valence-electron chi connectivity index (χ2n) is 7.03. The molecule has 4 rings (SSSR count). The maximum Gasteiger partial charge on any atom is 0.256 e. The molecule has 1 fully saturated rings. The lowest BCUT2D eigenvalue weighted by atomic mass is 10.1. The van der Waals surface area contributed by atoms with E-state index in [1.165, 1.54) is 6.26 Å². The second kappa shape index (κ2) is 7.22. The van der Waals surface area contributed by atoms with E-state index in [0.29, 0.717) is 28.5 Å². The average molecular weight is 419 g/mol. The largest absolute Gasteiger partial charge is 0.467 e. The molecule has 1 aromatic carbocycles. The predicted molar refractivity (Wildman–Crippen MR) is 107 cm³/mol. The predicted octanol–water partition coefficient (Wildman–Crippen LogP) is 3.62. The Morgan fingerprint density at radius 1 is 1.32 bits per heavy atom. The van der Waals surface area contributed by atoms with Crippen LogP contribution in [-0.4, -0.2) is 41.8 Å². The Morgan fingerprint density at radius 3 is 2.82 bits per heavy atom. The minimum absolute atomic E-state index is 0.0364. The van der Waals surface area contributed by atoms with Crippen LogP contribution in [0.2, 0.25) is 5.02 Å². The number of halogens is 1. The van der Waals surface area contributed by atoms with Crippen molar-refractivity contribution in [1.82, 2.24) is 9.88 Å². The summed E-state index contributed by atoms with van der Waals surface area (Å²) in [6, 6.07) is 10.2. The zero-order valence-corrected chi connectivity index (χ0v) is 16.8. The summed E-state index contributed by atoms with van der Waals surface area (Å²) >= 11 is 6.08. The standard InChI is InChI=1S/C20H19ClN2O4S/c1-13-18(10-14-9-15(21)4-5-19(14)22-13)20(24)23(11-17-3-2-7-27-17)16-6-8-28(25,26)12-16/h2-5,7,9-10,16H,6,8,11-12H2,1H3/t16-/m0/s1. The Morgan fingerprint density at radius 2 is 2.14 bits per heavy atom. The Hall–Kier alpha value is -2.38. The number of benzene rings is 1. The molecule has 146 valence electrons. The smallest absolute Gasteiger partial charge is 0.256 e. The van der Waals surface area contributed by atoms with Gasteiger partial charge in [-0.05, 0) is 49.7 Å². The van der Waals surface area contributed by atoms with Gasteiger partial charge in [0.05, 0.1) is 41.1 Å². The number of nitrogens with zero attached hydrogens (tertiary/aromatic N) is 2. The second-order valence-corrected chi connectivity index (χ2v) is 9.69. The molecule has 1 amide bonds. The number of hydrogen-bond acceptors (Lipinski definition) is 5. The molecule has 28 heavy (non-hydrogen) atoms. The number of aryl methyl sites for hydroxylation is 1. The lowest BCUT2D eigenvalue weighted by Crippen LogP contribution is -2.41. The van der Waals surface area contributed by atoms with Gasteiger partial charge in [0.2, 0.25) is 0 Å². The number of rotatable bonds is 4. The molecule has 2 aromatic heterocycles. The van der Waals surface area contributed by atoms with Crippen molar-refractivity contribution in [3.05, 3.63) is 64.7 Å². The van der Waals surface area contributed by atoms with E-state index in [1.54, 1.807) is 42.2 Å². The molecule has 0 radical (unpaired) electrons. The molecule has 0 aliphatic carbocycles. The first-order valence-electron chi connectivity index (χ1n) is 8.93. The van der Waals surface area contributed by atoms with Gasteiger partial charge < -0.3 is 9.32 Å². The fourth-order valence-electron chi connectivity index (χ4n) is 3.57. The number of pyridine rings is 1. The maximum atomic E-state index is 13.4. The summed E-state index contributed by atoms with van der Waals surface area (Å²) in [5.41, 5.74) is 1.77. The highest BCUT2D eigenvalue weighted by molar-refractivity contribution is 7.91. The normalized spacial score (nSPS) is 18.4. The Labute approximate surface area is 168 Å². The van der Waals surface area contributed by atoms with Crippen LogP contribution in [0.1, 0.15) is 28.2 Å². The van der Waals surface area contributed by atoms with Crippen molar-refractivity contribution in [1.29, 1.82) is 0 Å². The molecule has 8 heteroatoms. The van der Waals surface area contributed by atoms with Crippen molar-refractivity contribution >= 4 is 38.2 Å². The average Bonchev–Trinajstić information content (AvgIpc) is 3.28. The van der Waals surface area contributed by atoms with E-state index in [0.717, 1.165) is 10.9 Å². The number of hydrogen-bond donors (Lipinski definition) is 0. The van der Waals surface area contributed by atoms with Crippen LogP contribution >= 0.6 is 11.6 Å². The van der Waals surface area contributed by atoms with E-state index in [9.17, 15) is 13.2 Å². The van der Waals surface area contributed by atoms with Crippen molar-refractivity contribution in [2.45, 2.75) is 25.9 Å². The van der Waals surface area contributed by atoms with Gasteiger partial charge in [-0.25, -0.2) is 8.42 Å². The topological polar surface area (TPSA) is 80.5 Å². The molecular weight excluding hydrogens is 400 g/mol. The number of fused-ring (bicyclic) bond motifs is 1. The molecule has 0 bridgehead atoms. The SMILES string of the molecule is Cc1nc2ccc(Cl)cc2cc1C(=O)N(Cc1ccco1)[C@H]1CCS(=O)(=O)C1. The summed E-state index contributed by atoms with van der Waals surface area (Å²) < 4.78 is 29.4. The van der Waals surface area contributed by atoms with E-state index in [2.05, 4.69) is 4.98 Å². The number of furan rings is 1. The van der Waals surface area contributed by atoms with Crippen LogP contribution in [0, 0.1) is 6.92 Å². The molecular formula is C20H19ClN2O4S. The third-order valence-electron chi connectivity index (χ3n) is 5.01. The number of aromatic nitrogens is 1. The maximum absolute atomic E-state index is 13.4. The van der Waals surface area contributed by atoms with Crippen LogP contribution in [0.15, 0.2) is 47.1 Å². The van der Waals surface area contributed by atoms with Crippen LogP contribution < -0.4 is 0 Å². The number of carbonyl (C=O) groups is 1. The van der Waals surface area contributed by atoms with Crippen molar-refractivity contribution < 1.29 is 17.6 Å². The van der Waals surface area contributed by atoms with E-state index < -0.39 is 15.9 Å². The molecule has 0 unspecified atom stereocenters. The number of amides is 1. The van der Waals surface area contributed by atoms with Crippen molar-refractivity contribution in [3.63, 3.8) is 0 Å². The molecule has 3 aromatic rings. The fourth-order valence-corrected chi connectivity index (χ4v) is 5.48. The lowest BCUT2D eigenvalue weighted by molar-refractivity contribution is 0.0665. The molecule has 1 aliphatic heterocycles. The third kappa shape index (κ3) is 3.77. The summed E-state index contributed by atoms with van der Waals surface area (Å²) in [7, 11) is -3.14. The molecule has 3 heterocycles. The minimum atomic E-state index is -3.14. The minimum Gasteiger partial charge on any atom is -0.467 e. The first kappa shape index (κ1) is 19.0. The van der Waals surface area contributed by atoms with Gasteiger partial charge in [0.15, 0.2) is 9.84 Å². The van der Waals surface area contributed by atoms with Crippen molar-refractivity contribution in [2.24, 2.45) is 0 Å². The van der Waals surface area contributed by atoms with Crippen LogP contribution in [-0.2, 0) is 16.4 Å². The highest BCUT2D eigenvalue weighted by Gasteiger charge is 2.36. The lowest BCUT2D eigenvalue weighted by Gasteiger charge is -2.28. The monoisotopic (exact) mass is 418 g/mol. The fraction of sp³-hybridized carbons (Fsp3) is 0.300. The van der Waals surface area contributed by atoms with Gasteiger partial charge in [-0.15, -0.1) is 0 Å². The molecule has 0 spiro atoms. The molecule has 1 saturated heterocycles. The van der Waals surface area contributed by atoms with Gasteiger partial charge in [-0.3, -0.25) is 9.78 Å². The Bertz CT molecular complexity index is 1140. The first-order valence-corrected chi connectivity index (χ1v) is 11.1. The van der Waals surface area contributed by atoms with Gasteiger partial charge in [0.25, 0.3) is 5.91 Å². The van der Waals surface area contributed by atoms with Gasteiger partial charge in [0.1, 0.15) is 5.76 Å². The third-order valence-corrected chi connectivity index (χ3v) is 7.00.